The number of methoxy groups -OCH3 is 1. The van der Waals surface area contributed by atoms with E-state index in [0.29, 0.717) is 19.5 Å². The molecule has 24 heavy (non-hydrogen) atoms. The summed E-state index contributed by atoms with van der Waals surface area (Å²) in [6.07, 6.45) is 1.77. The number of rotatable bonds is 10. The maximum absolute atomic E-state index is 12.0. The zero-order valence-electron chi connectivity index (χ0n) is 14.8. The highest BCUT2D eigenvalue weighted by molar-refractivity contribution is 7.88. The monoisotopic (exact) mass is 357 g/mol. The van der Waals surface area contributed by atoms with Crippen molar-refractivity contribution in [2.45, 2.75) is 6.42 Å². The Morgan fingerprint density at radius 3 is 2.54 bits per heavy atom. The Kier molecular flexibility index (Phi) is 8.17. The number of amides is 1. The Bertz CT molecular complexity index is 632. The van der Waals surface area contributed by atoms with Gasteiger partial charge in [-0.05, 0) is 38.2 Å². The number of carbonyl (C=O) groups excluding carboxylic acids is 1. The lowest BCUT2D eigenvalue weighted by Crippen LogP contribution is -2.43. The van der Waals surface area contributed by atoms with Crippen molar-refractivity contribution in [1.82, 2.24) is 14.5 Å². The SMILES string of the molecule is COc1cccc(CCNC(=O)CN(CCN(C)C)S(C)(=O)=O)c1. The van der Waals surface area contributed by atoms with Gasteiger partial charge < -0.3 is 15.0 Å². The molecule has 0 saturated carbocycles. The van der Waals surface area contributed by atoms with Crippen LogP contribution in [0.1, 0.15) is 5.56 Å². The van der Waals surface area contributed by atoms with Crippen molar-refractivity contribution >= 4 is 15.9 Å². The number of carbonyl (C=O) groups is 1. The number of hydrogen-bond donors (Lipinski definition) is 1. The molecule has 0 aliphatic rings. The number of sulfonamides is 1. The Labute approximate surface area is 144 Å². The number of hydrogen-bond acceptors (Lipinski definition) is 5. The van der Waals surface area contributed by atoms with Gasteiger partial charge >= 0.3 is 0 Å². The third kappa shape index (κ3) is 7.76. The third-order valence-corrected chi connectivity index (χ3v) is 4.71. The van der Waals surface area contributed by atoms with E-state index in [4.69, 9.17) is 4.74 Å². The Balaban J connectivity index is 2.47. The van der Waals surface area contributed by atoms with Gasteiger partial charge in [-0.2, -0.15) is 4.31 Å². The first-order valence-corrected chi connectivity index (χ1v) is 9.56. The van der Waals surface area contributed by atoms with Gasteiger partial charge in [0.2, 0.25) is 15.9 Å². The van der Waals surface area contributed by atoms with Gasteiger partial charge in [0.05, 0.1) is 19.9 Å². The average Bonchev–Trinajstić information content (AvgIpc) is 2.50. The predicted molar refractivity (Wildman–Crippen MR) is 94.7 cm³/mol. The summed E-state index contributed by atoms with van der Waals surface area (Å²) in [5.74, 6) is 0.466. The van der Waals surface area contributed by atoms with Gasteiger partial charge in [-0.15, -0.1) is 0 Å². The Morgan fingerprint density at radius 2 is 1.96 bits per heavy atom. The van der Waals surface area contributed by atoms with Crippen LogP contribution in [0, 0.1) is 0 Å². The van der Waals surface area contributed by atoms with E-state index in [2.05, 4.69) is 5.32 Å². The van der Waals surface area contributed by atoms with Crippen molar-refractivity contribution in [3.05, 3.63) is 29.8 Å². The quantitative estimate of drug-likeness (QED) is 0.646. The lowest BCUT2D eigenvalue weighted by molar-refractivity contribution is -0.121. The van der Waals surface area contributed by atoms with Crippen molar-refractivity contribution in [1.29, 1.82) is 0 Å². The first-order valence-electron chi connectivity index (χ1n) is 7.72. The summed E-state index contributed by atoms with van der Waals surface area (Å²) in [6, 6.07) is 7.61. The molecule has 0 aliphatic carbocycles. The maximum Gasteiger partial charge on any atom is 0.235 e. The molecule has 1 amide bonds. The fourth-order valence-electron chi connectivity index (χ4n) is 2.06. The van der Waals surface area contributed by atoms with Crippen molar-refractivity contribution in [3.63, 3.8) is 0 Å². The van der Waals surface area contributed by atoms with E-state index in [9.17, 15) is 13.2 Å². The number of likely N-dealkylation sites (N-methyl/N-ethyl adjacent to an activating group) is 1. The molecule has 0 atom stereocenters. The molecule has 1 N–H and O–H groups in total. The molecule has 7 nitrogen and oxygen atoms in total. The molecular formula is C16H27N3O4S. The van der Waals surface area contributed by atoms with E-state index in [-0.39, 0.29) is 19.0 Å². The van der Waals surface area contributed by atoms with Gasteiger partial charge in [-0.3, -0.25) is 4.79 Å². The van der Waals surface area contributed by atoms with Gasteiger partial charge in [-0.1, -0.05) is 12.1 Å². The van der Waals surface area contributed by atoms with Crippen molar-refractivity contribution < 1.29 is 17.9 Å². The fraction of sp³-hybridized carbons (Fsp3) is 0.562. The Morgan fingerprint density at radius 1 is 1.25 bits per heavy atom. The van der Waals surface area contributed by atoms with Crippen LogP contribution in [0.4, 0.5) is 0 Å². The van der Waals surface area contributed by atoms with Gasteiger partial charge in [0.15, 0.2) is 0 Å². The summed E-state index contributed by atoms with van der Waals surface area (Å²) >= 11 is 0. The van der Waals surface area contributed by atoms with E-state index < -0.39 is 10.0 Å². The minimum atomic E-state index is -3.41. The van der Waals surface area contributed by atoms with Crippen LogP contribution in [0.2, 0.25) is 0 Å². The highest BCUT2D eigenvalue weighted by atomic mass is 32.2. The van der Waals surface area contributed by atoms with Gasteiger partial charge in [-0.25, -0.2) is 8.42 Å². The summed E-state index contributed by atoms with van der Waals surface area (Å²) in [5.41, 5.74) is 1.04. The van der Waals surface area contributed by atoms with Crippen molar-refractivity contribution in [3.8, 4) is 5.75 Å². The van der Waals surface area contributed by atoms with Crippen LogP contribution in [0.3, 0.4) is 0 Å². The highest BCUT2D eigenvalue weighted by Crippen LogP contribution is 2.12. The Hall–Kier alpha value is -1.64. The van der Waals surface area contributed by atoms with E-state index in [1.54, 1.807) is 7.11 Å². The van der Waals surface area contributed by atoms with Crippen molar-refractivity contribution in [2.75, 3.05) is 53.6 Å². The lowest BCUT2D eigenvalue weighted by atomic mass is 10.1. The zero-order chi connectivity index (χ0) is 18.2. The van der Waals surface area contributed by atoms with Gasteiger partial charge in [0.25, 0.3) is 0 Å². The van der Waals surface area contributed by atoms with Gasteiger partial charge in [0, 0.05) is 19.6 Å². The second-order valence-electron chi connectivity index (χ2n) is 5.85. The van der Waals surface area contributed by atoms with E-state index >= 15 is 0 Å². The number of ether oxygens (including phenoxy) is 1. The number of benzene rings is 1. The fourth-order valence-corrected chi connectivity index (χ4v) is 2.83. The number of nitrogens with zero attached hydrogens (tertiary/aromatic N) is 2. The lowest BCUT2D eigenvalue weighted by Gasteiger charge is -2.21. The standard InChI is InChI=1S/C16H27N3O4S/c1-18(2)10-11-19(24(4,21)22)13-16(20)17-9-8-14-6-5-7-15(12-14)23-3/h5-7,12H,8-11,13H2,1-4H3,(H,17,20). The topological polar surface area (TPSA) is 79.0 Å². The summed E-state index contributed by atoms with van der Waals surface area (Å²) in [4.78, 5) is 13.9. The third-order valence-electron chi connectivity index (χ3n) is 3.46. The van der Waals surface area contributed by atoms with Crippen LogP contribution in [-0.4, -0.2) is 77.2 Å². The summed E-state index contributed by atoms with van der Waals surface area (Å²) < 4.78 is 29.9. The molecule has 0 saturated heterocycles. The van der Waals surface area contributed by atoms with Crippen LogP contribution in [0.15, 0.2) is 24.3 Å². The minimum Gasteiger partial charge on any atom is -0.497 e. The molecule has 1 aromatic rings. The molecule has 0 bridgehead atoms. The second-order valence-corrected chi connectivity index (χ2v) is 7.83. The van der Waals surface area contributed by atoms with E-state index in [1.165, 1.54) is 4.31 Å². The summed E-state index contributed by atoms with van der Waals surface area (Å²) in [6.45, 7) is 1.13. The molecule has 1 rings (SSSR count). The smallest absolute Gasteiger partial charge is 0.235 e. The molecule has 0 heterocycles. The molecule has 0 aromatic heterocycles. The van der Waals surface area contributed by atoms with Crippen molar-refractivity contribution in [2.24, 2.45) is 0 Å². The minimum absolute atomic E-state index is 0.162. The van der Waals surface area contributed by atoms with Gasteiger partial charge in [0.1, 0.15) is 5.75 Å². The molecular weight excluding hydrogens is 330 g/mol. The zero-order valence-corrected chi connectivity index (χ0v) is 15.6. The first kappa shape index (κ1) is 20.4. The highest BCUT2D eigenvalue weighted by Gasteiger charge is 2.19. The maximum atomic E-state index is 12.0. The molecule has 8 heteroatoms. The molecule has 0 unspecified atom stereocenters. The van der Waals surface area contributed by atoms with E-state index in [0.717, 1.165) is 17.6 Å². The van der Waals surface area contributed by atoms with Crippen LogP contribution >= 0.6 is 0 Å². The van der Waals surface area contributed by atoms with Crippen LogP contribution in [0.25, 0.3) is 0 Å². The molecule has 0 radical (unpaired) electrons. The van der Waals surface area contributed by atoms with Crippen LogP contribution in [-0.2, 0) is 21.2 Å². The molecule has 0 spiro atoms. The predicted octanol–water partition coefficient (Wildman–Crippen LogP) is 0.177. The molecule has 1 aromatic carbocycles. The first-order chi connectivity index (χ1) is 11.2. The largest absolute Gasteiger partial charge is 0.497 e. The number of nitrogens with one attached hydrogen (secondary N) is 1. The van der Waals surface area contributed by atoms with E-state index in [1.807, 2.05) is 43.3 Å². The summed E-state index contributed by atoms with van der Waals surface area (Å²) in [7, 11) is 1.90. The molecule has 0 fully saturated rings. The normalized spacial score (nSPS) is 11.8. The molecule has 136 valence electrons. The van der Waals surface area contributed by atoms with Crippen LogP contribution in [0.5, 0.6) is 5.75 Å². The molecule has 0 aliphatic heterocycles. The summed E-state index contributed by atoms with van der Waals surface area (Å²) in [5, 5.41) is 2.76. The van der Waals surface area contributed by atoms with Crippen LogP contribution < -0.4 is 10.1 Å². The average molecular weight is 357 g/mol. The second kappa shape index (κ2) is 9.61.